The third-order valence-electron chi connectivity index (χ3n) is 5.77. The molecule has 33 heavy (non-hydrogen) atoms. The number of benzene rings is 3. The first kappa shape index (κ1) is 22.9. The Morgan fingerprint density at radius 2 is 1.55 bits per heavy atom. The van der Waals surface area contributed by atoms with Crippen LogP contribution in [0.15, 0.2) is 89.8 Å². The second kappa shape index (κ2) is 10.5. The van der Waals surface area contributed by atoms with Crippen LogP contribution in [-0.4, -0.2) is 20.9 Å². The fourth-order valence-electron chi connectivity index (χ4n) is 4.13. The Hall–Kier alpha value is -3.31. The Morgan fingerprint density at radius 3 is 2.21 bits per heavy atom. The molecule has 0 aliphatic carbocycles. The van der Waals surface area contributed by atoms with Crippen LogP contribution < -0.4 is 5.32 Å². The first-order valence-electron chi connectivity index (χ1n) is 11.3. The first-order valence-corrected chi connectivity index (χ1v) is 12.6. The Kier molecular flexibility index (Phi) is 7.30. The molecular weight excluding hydrogens is 428 g/mol. The van der Waals surface area contributed by atoms with Gasteiger partial charge in [0.25, 0.3) is 0 Å². The number of rotatable bonds is 8. The fraction of sp³-hybridized carbons (Fsp3) is 0.214. The predicted molar refractivity (Wildman–Crippen MR) is 135 cm³/mol. The highest BCUT2D eigenvalue weighted by atomic mass is 32.2. The number of fused-ring (bicyclic) bond motifs is 1. The molecule has 4 aromatic rings. The maximum Gasteiger partial charge on any atom is 0.224 e. The number of hydrogen-bond donors (Lipinski definition) is 1. The van der Waals surface area contributed by atoms with E-state index in [1.54, 1.807) is 0 Å². The lowest BCUT2D eigenvalue weighted by Crippen LogP contribution is -2.30. The Bertz CT molecular complexity index is 1270. The molecule has 1 unspecified atom stereocenters. The van der Waals surface area contributed by atoms with E-state index in [9.17, 15) is 9.00 Å². The topological polar surface area (TPSA) is 59.1 Å². The molecule has 1 aromatic heterocycles. The highest BCUT2D eigenvalue weighted by Crippen LogP contribution is 2.33. The summed E-state index contributed by atoms with van der Waals surface area (Å²) in [6.45, 7) is 3.96. The van der Waals surface area contributed by atoms with Crippen molar-refractivity contribution in [3.8, 4) is 11.3 Å². The number of para-hydroxylation sites is 1. The maximum absolute atomic E-state index is 13.3. The van der Waals surface area contributed by atoms with Gasteiger partial charge in [0, 0.05) is 16.7 Å². The number of carbonyl (C=O) groups is 1. The molecule has 0 aliphatic rings. The van der Waals surface area contributed by atoms with Crippen LogP contribution in [0.2, 0.25) is 0 Å². The smallest absolute Gasteiger partial charge is 0.224 e. The van der Waals surface area contributed by atoms with Crippen molar-refractivity contribution in [3.05, 3.63) is 96.1 Å². The highest BCUT2D eigenvalue weighted by Gasteiger charge is 2.23. The summed E-state index contributed by atoms with van der Waals surface area (Å²) >= 11 is 0. The van der Waals surface area contributed by atoms with E-state index in [0.717, 1.165) is 34.0 Å². The van der Waals surface area contributed by atoms with E-state index in [4.69, 9.17) is 4.98 Å². The van der Waals surface area contributed by atoms with Gasteiger partial charge in [0.1, 0.15) is 0 Å². The summed E-state index contributed by atoms with van der Waals surface area (Å²) in [7, 11) is -1.28. The third-order valence-corrected chi connectivity index (χ3v) is 7.19. The molecule has 2 atom stereocenters. The fourth-order valence-corrected chi connectivity index (χ4v) is 5.26. The highest BCUT2D eigenvalue weighted by molar-refractivity contribution is 7.85. The standard InChI is InChI=1S/C28H28N2O2S/c1-3-24(20-13-7-5-8-14-20)29-26(31)19-23-22-17-11-12-18-25(22)30-27(28(23)33(32)4-2)21-15-9-6-10-16-21/h5-18,24H,3-4,19H2,1-2H3,(H,29,31)/t24-,33?/m0/s1. The van der Waals surface area contributed by atoms with Crippen LogP contribution in [-0.2, 0) is 22.0 Å². The van der Waals surface area contributed by atoms with E-state index in [1.165, 1.54) is 0 Å². The molecule has 0 radical (unpaired) electrons. The second-order valence-electron chi connectivity index (χ2n) is 7.90. The largest absolute Gasteiger partial charge is 0.349 e. The number of hydrogen-bond acceptors (Lipinski definition) is 3. The molecule has 4 rings (SSSR count). The van der Waals surface area contributed by atoms with Crippen molar-refractivity contribution in [2.45, 2.75) is 37.6 Å². The zero-order valence-corrected chi connectivity index (χ0v) is 19.8. The van der Waals surface area contributed by atoms with Gasteiger partial charge in [0.05, 0.1) is 39.4 Å². The second-order valence-corrected chi connectivity index (χ2v) is 9.58. The number of amides is 1. The maximum atomic E-state index is 13.3. The van der Waals surface area contributed by atoms with Crippen LogP contribution in [0.25, 0.3) is 22.2 Å². The van der Waals surface area contributed by atoms with Crippen LogP contribution >= 0.6 is 0 Å². The lowest BCUT2D eigenvalue weighted by Gasteiger charge is -2.20. The molecular formula is C28H28N2O2S. The first-order chi connectivity index (χ1) is 16.1. The molecule has 168 valence electrons. The van der Waals surface area contributed by atoms with Crippen molar-refractivity contribution in [3.63, 3.8) is 0 Å². The van der Waals surface area contributed by atoms with Crippen molar-refractivity contribution < 1.29 is 9.00 Å². The Morgan fingerprint density at radius 1 is 0.909 bits per heavy atom. The number of aromatic nitrogens is 1. The Labute approximate surface area is 197 Å². The van der Waals surface area contributed by atoms with Crippen LogP contribution in [0.3, 0.4) is 0 Å². The minimum atomic E-state index is -1.28. The van der Waals surface area contributed by atoms with Gasteiger partial charge in [-0.15, -0.1) is 0 Å². The number of carbonyl (C=O) groups excluding carboxylic acids is 1. The molecule has 0 spiro atoms. The number of nitrogens with one attached hydrogen (secondary N) is 1. The average molecular weight is 457 g/mol. The molecule has 0 bridgehead atoms. The molecule has 0 fully saturated rings. The van der Waals surface area contributed by atoms with Crippen LogP contribution in [0, 0.1) is 0 Å². The van der Waals surface area contributed by atoms with Crippen molar-refractivity contribution >= 4 is 27.6 Å². The van der Waals surface area contributed by atoms with Crippen LogP contribution in [0.4, 0.5) is 0 Å². The monoisotopic (exact) mass is 456 g/mol. The molecule has 3 aromatic carbocycles. The summed E-state index contributed by atoms with van der Waals surface area (Å²) in [6, 6.07) is 27.5. The number of pyridine rings is 1. The van der Waals surface area contributed by atoms with Crippen molar-refractivity contribution in [2.75, 3.05) is 5.75 Å². The quantitative estimate of drug-likeness (QED) is 0.362. The van der Waals surface area contributed by atoms with Gasteiger partial charge in [-0.3, -0.25) is 9.00 Å². The van der Waals surface area contributed by atoms with Gasteiger partial charge >= 0.3 is 0 Å². The van der Waals surface area contributed by atoms with Crippen LogP contribution in [0.1, 0.15) is 37.4 Å². The zero-order valence-electron chi connectivity index (χ0n) is 19.0. The third kappa shape index (κ3) is 5.04. The molecule has 0 saturated heterocycles. The molecule has 5 heteroatoms. The zero-order chi connectivity index (χ0) is 23.2. The summed E-state index contributed by atoms with van der Waals surface area (Å²) < 4.78 is 13.3. The van der Waals surface area contributed by atoms with Crippen molar-refractivity contribution in [1.29, 1.82) is 0 Å². The van der Waals surface area contributed by atoms with Crippen molar-refractivity contribution in [2.24, 2.45) is 0 Å². The minimum absolute atomic E-state index is 0.0690. The molecule has 1 heterocycles. The molecule has 1 amide bonds. The van der Waals surface area contributed by atoms with E-state index in [1.807, 2.05) is 91.9 Å². The van der Waals surface area contributed by atoms with Crippen LogP contribution in [0.5, 0.6) is 0 Å². The van der Waals surface area contributed by atoms with Gasteiger partial charge in [-0.25, -0.2) is 4.98 Å². The van der Waals surface area contributed by atoms with Gasteiger partial charge in [0.2, 0.25) is 5.91 Å². The summed E-state index contributed by atoms with van der Waals surface area (Å²) in [5.41, 5.74) is 4.26. The normalized spacial score (nSPS) is 12.9. The lowest BCUT2D eigenvalue weighted by molar-refractivity contribution is -0.121. The SMILES string of the molecule is CC[C@H](NC(=O)Cc1c(S(=O)CC)c(-c2ccccc2)nc2ccccc12)c1ccccc1. The summed E-state index contributed by atoms with van der Waals surface area (Å²) in [5.74, 6) is 0.367. The molecule has 0 aliphatic heterocycles. The van der Waals surface area contributed by atoms with E-state index < -0.39 is 10.8 Å². The minimum Gasteiger partial charge on any atom is -0.349 e. The summed E-state index contributed by atoms with van der Waals surface area (Å²) in [4.78, 5) is 18.8. The van der Waals surface area contributed by atoms with Gasteiger partial charge in [-0.05, 0) is 23.6 Å². The van der Waals surface area contributed by atoms with E-state index in [2.05, 4.69) is 12.2 Å². The van der Waals surface area contributed by atoms with Gasteiger partial charge in [-0.1, -0.05) is 92.7 Å². The van der Waals surface area contributed by atoms with E-state index in [-0.39, 0.29) is 18.4 Å². The molecule has 4 nitrogen and oxygen atoms in total. The van der Waals surface area contributed by atoms with Gasteiger partial charge in [0.15, 0.2) is 0 Å². The van der Waals surface area contributed by atoms with E-state index >= 15 is 0 Å². The Balaban J connectivity index is 1.80. The van der Waals surface area contributed by atoms with E-state index in [0.29, 0.717) is 16.3 Å². The summed E-state index contributed by atoms with van der Waals surface area (Å²) in [6.07, 6.45) is 0.934. The predicted octanol–water partition coefficient (Wildman–Crippen LogP) is 5.84. The van der Waals surface area contributed by atoms with Gasteiger partial charge < -0.3 is 5.32 Å². The molecule has 1 N–H and O–H groups in total. The number of nitrogens with zero attached hydrogens (tertiary/aromatic N) is 1. The molecule has 0 saturated carbocycles. The average Bonchev–Trinajstić information content (AvgIpc) is 2.87. The lowest BCUT2D eigenvalue weighted by atomic mass is 10.00. The summed E-state index contributed by atoms with van der Waals surface area (Å²) in [5, 5.41) is 4.05. The van der Waals surface area contributed by atoms with Crippen molar-refractivity contribution in [1.82, 2.24) is 10.3 Å². The van der Waals surface area contributed by atoms with Gasteiger partial charge in [-0.2, -0.15) is 0 Å².